The van der Waals surface area contributed by atoms with Gasteiger partial charge in [-0.2, -0.15) is 0 Å². The molecule has 0 radical (unpaired) electrons. The van der Waals surface area contributed by atoms with E-state index < -0.39 is 11.9 Å². The molecule has 1 aromatic rings. The zero-order valence-electron chi connectivity index (χ0n) is 14.1. The molecule has 0 saturated heterocycles. The normalized spacial score (nSPS) is 10.4. The van der Waals surface area contributed by atoms with E-state index in [9.17, 15) is 14.4 Å². The smallest absolute Gasteiger partial charge is 0.321 e. The number of rotatable bonds is 7. The highest BCUT2D eigenvalue weighted by Gasteiger charge is 2.15. The summed E-state index contributed by atoms with van der Waals surface area (Å²) < 4.78 is 0. The van der Waals surface area contributed by atoms with Gasteiger partial charge in [-0.25, -0.2) is 4.79 Å². The first-order chi connectivity index (χ1) is 11.3. The zero-order chi connectivity index (χ0) is 18.1. The van der Waals surface area contributed by atoms with Crippen LogP contribution in [0.15, 0.2) is 18.2 Å². The number of amides is 4. The van der Waals surface area contributed by atoms with Crippen LogP contribution in [0.3, 0.4) is 0 Å². The van der Waals surface area contributed by atoms with E-state index in [-0.39, 0.29) is 19.0 Å². The number of likely N-dealkylation sites (N-methyl/N-ethyl adjacent to an activating group) is 1. The Labute approximate surface area is 146 Å². The van der Waals surface area contributed by atoms with Crippen molar-refractivity contribution in [3.05, 3.63) is 28.8 Å². The lowest BCUT2D eigenvalue weighted by atomic mass is 10.2. The molecule has 0 atom stereocenters. The average molecular weight is 355 g/mol. The highest BCUT2D eigenvalue weighted by Crippen LogP contribution is 2.20. The quantitative estimate of drug-likeness (QED) is 0.695. The average Bonchev–Trinajstić information content (AvgIpc) is 2.50. The second-order valence-corrected chi connectivity index (χ2v) is 5.65. The summed E-state index contributed by atoms with van der Waals surface area (Å²) in [6.45, 7) is 6.36. The highest BCUT2D eigenvalue weighted by atomic mass is 35.5. The Morgan fingerprint density at radius 1 is 1.12 bits per heavy atom. The van der Waals surface area contributed by atoms with Gasteiger partial charge >= 0.3 is 6.03 Å². The van der Waals surface area contributed by atoms with Gasteiger partial charge in [-0.3, -0.25) is 19.8 Å². The van der Waals surface area contributed by atoms with Gasteiger partial charge in [0.25, 0.3) is 0 Å². The molecular weight excluding hydrogens is 332 g/mol. The number of nitrogens with one attached hydrogen (secondary N) is 3. The third-order valence-corrected chi connectivity index (χ3v) is 3.48. The Balaban J connectivity index is 2.55. The van der Waals surface area contributed by atoms with Gasteiger partial charge in [0.15, 0.2) is 0 Å². The molecule has 132 valence electrons. The summed E-state index contributed by atoms with van der Waals surface area (Å²) in [6, 6.07) is 4.69. The topological polar surface area (TPSA) is 90.5 Å². The first-order valence-electron chi connectivity index (χ1n) is 7.71. The van der Waals surface area contributed by atoms with E-state index in [2.05, 4.69) is 16.0 Å². The van der Waals surface area contributed by atoms with Crippen LogP contribution in [0, 0.1) is 6.92 Å². The van der Waals surface area contributed by atoms with Crippen LogP contribution in [0.1, 0.15) is 19.4 Å². The van der Waals surface area contributed by atoms with Crippen molar-refractivity contribution in [3.63, 3.8) is 0 Å². The minimum Gasteiger partial charge on any atom is -0.338 e. The van der Waals surface area contributed by atoms with Gasteiger partial charge < -0.3 is 10.6 Å². The van der Waals surface area contributed by atoms with Crippen molar-refractivity contribution in [1.29, 1.82) is 0 Å². The number of urea groups is 1. The Morgan fingerprint density at radius 2 is 1.79 bits per heavy atom. The van der Waals surface area contributed by atoms with Crippen molar-refractivity contribution in [2.45, 2.75) is 20.8 Å². The SMILES string of the molecule is CCNC(=O)NC(=O)CN(CC)CC(=O)Nc1cc(Cl)ccc1C. The standard InChI is InChI=1S/C16H23ClN4O3/c1-4-18-16(24)20-15(23)10-21(5-2)9-14(22)19-13-8-12(17)7-6-11(13)3/h6-8H,4-5,9-10H2,1-3H3,(H,19,22)(H2,18,20,23,24). The third-order valence-electron chi connectivity index (χ3n) is 3.25. The summed E-state index contributed by atoms with van der Waals surface area (Å²) in [7, 11) is 0. The highest BCUT2D eigenvalue weighted by molar-refractivity contribution is 6.31. The Kier molecular flexibility index (Phi) is 8.21. The molecule has 24 heavy (non-hydrogen) atoms. The van der Waals surface area contributed by atoms with Crippen molar-refractivity contribution in [1.82, 2.24) is 15.5 Å². The minimum absolute atomic E-state index is 0.0330. The van der Waals surface area contributed by atoms with Crippen LogP contribution in [0.2, 0.25) is 5.02 Å². The molecule has 0 fully saturated rings. The van der Waals surface area contributed by atoms with E-state index in [1.165, 1.54) is 0 Å². The van der Waals surface area contributed by atoms with Gasteiger partial charge in [0.05, 0.1) is 13.1 Å². The number of nitrogens with zero attached hydrogens (tertiary/aromatic N) is 1. The maximum atomic E-state index is 12.1. The molecule has 0 bridgehead atoms. The number of carbonyl (C=O) groups excluding carboxylic acids is 3. The lowest BCUT2D eigenvalue weighted by molar-refractivity contribution is -0.122. The molecule has 8 heteroatoms. The number of hydrogen-bond acceptors (Lipinski definition) is 4. The number of halogens is 1. The molecule has 0 spiro atoms. The van der Waals surface area contributed by atoms with Crippen molar-refractivity contribution in [3.8, 4) is 0 Å². The van der Waals surface area contributed by atoms with Crippen LogP contribution in [0.5, 0.6) is 0 Å². The summed E-state index contributed by atoms with van der Waals surface area (Å²) in [5.41, 5.74) is 1.53. The fourth-order valence-corrected chi connectivity index (χ4v) is 2.15. The minimum atomic E-state index is -0.544. The summed E-state index contributed by atoms with van der Waals surface area (Å²) >= 11 is 5.92. The molecule has 4 amide bonds. The monoisotopic (exact) mass is 354 g/mol. The zero-order valence-corrected chi connectivity index (χ0v) is 14.9. The van der Waals surface area contributed by atoms with Gasteiger partial charge in [-0.1, -0.05) is 24.6 Å². The van der Waals surface area contributed by atoms with Gasteiger partial charge in [0, 0.05) is 17.3 Å². The molecule has 0 aliphatic carbocycles. The predicted octanol–water partition coefficient (Wildman–Crippen LogP) is 1.75. The van der Waals surface area contributed by atoms with Gasteiger partial charge in [0.1, 0.15) is 0 Å². The van der Waals surface area contributed by atoms with Crippen molar-refractivity contribution in [2.75, 3.05) is 31.5 Å². The van der Waals surface area contributed by atoms with Crippen LogP contribution in [-0.2, 0) is 9.59 Å². The number of imide groups is 1. The summed E-state index contributed by atoms with van der Waals surface area (Å²) in [6.07, 6.45) is 0. The first kappa shape index (κ1) is 19.9. The predicted molar refractivity (Wildman–Crippen MR) is 94.1 cm³/mol. The summed E-state index contributed by atoms with van der Waals surface area (Å²) in [5, 5.41) is 7.98. The molecule has 0 saturated carbocycles. The van der Waals surface area contributed by atoms with Crippen LogP contribution in [0.4, 0.5) is 10.5 Å². The molecule has 7 nitrogen and oxygen atoms in total. The fraction of sp³-hybridized carbons (Fsp3) is 0.438. The van der Waals surface area contributed by atoms with Gasteiger partial charge in [-0.05, 0) is 38.1 Å². The van der Waals surface area contributed by atoms with Crippen molar-refractivity contribution >= 4 is 35.1 Å². The van der Waals surface area contributed by atoms with E-state index >= 15 is 0 Å². The molecule has 0 aliphatic rings. The van der Waals surface area contributed by atoms with E-state index in [0.717, 1.165) is 5.56 Å². The Hall–Kier alpha value is -2.12. The fourth-order valence-electron chi connectivity index (χ4n) is 1.98. The number of anilines is 1. The number of aryl methyl sites for hydroxylation is 1. The molecule has 3 N–H and O–H groups in total. The van der Waals surface area contributed by atoms with Crippen LogP contribution >= 0.6 is 11.6 Å². The third kappa shape index (κ3) is 6.97. The maximum Gasteiger partial charge on any atom is 0.321 e. The van der Waals surface area contributed by atoms with E-state index in [0.29, 0.717) is 23.8 Å². The molecule has 0 aliphatic heterocycles. The largest absolute Gasteiger partial charge is 0.338 e. The van der Waals surface area contributed by atoms with Gasteiger partial charge in [-0.15, -0.1) is 0 Å². The van der Waals surface area contributed by atoms with Gasteiger partial charge in [0.2, 0.25) is 11.8 Å². The van der Waals surface area contributed by atoms with E-state index in [4.69, 9.17) is 11.6 Å². The van der Waals surface area contributed by atoms with E-state index in [1.807, 2.05) is 19.9 Å². The van der Waals surface area contributed by atoms with Crippen LogP contribution < -0.4 is 16.0 Å². The molecule has 0 unspecified atom stereocenters. The lowest BCUT2D eigenvalue weighted by Gasteiger charge is -2.19. The molecule has 1 aromatic carbocycles. The summed E-state index contributed by atoms with van der Waals surface area (Å²) in [5.74, 6) is -0.720. The Morgan fingerprint density at radius 3 is 2.42 bits per heavy atom. The second-order valence-electron chi connectivity index (χ2n) is 5.22. The van der Waals surface area contributed by atoms with Crippen molar-refractivity contribution < 1.29 is 14.4 Å². The number of benzene rings is 1. The molecule has 0 aromatic heterocycles. The molecular formula is C16H23ClN4O3. The number of carbonyl (C=O) groups is 3. The summed E-state index contributed by atoms with van der Waals surface area (Å²) in [4.78, 5) is 36.8. The van der Waals surface area contributed by atoms with Crippen molar-refractivity contribution in [2.24, 2.45) is 0 Å². The maximum absolute atomic E-state index is 12.1. The molecule has 1 rings (SSSR count). The first-order valence-corrected chi connectivity index (χ1v) is 8.09. The Bertz CT molecular complexity index is 607. The number of hydrogen-bond donors (Lipinski definition) is 3. The lowest BCUT2D eigenvalue weighted by Crippen LogP contribution is -2.46. The van der Waals surface area contributed by atoms with E-state index in [1.54, 1.807) is 24.0 Å². The van der Waals surface area contributed by atoms with Crippen LogP contribution in [-0.4, -0.2) is 48.9 Å². The van der Waals surface area contributed by atoms with Crippen LogP contribution in [0.25, 0.3) is 0 Å². The molecule has 0 heterocycles. The second kappa shape index (κ2) is 9.89.